The van der Waals surface area contributed by atoms with Gasteiger partial charge in [0.05, 0.1) is 12.9 Å². The van der Waals surface area contributed by atoms with Gasteiger partial charge in [0.25, 0.3) is 11.8 Å². The Kier molecular flexibility index (Phi) is 11.6. The van der Waals surface area contributed by atoms with Crippen molar-refractivity contribution in [3.8, 4) is 0 Å². The summed E-state index contributed by atoms with van der Waals surface area (Å²) >= 11 is 0. The number of amides is 2. The number of H-pyrrole nitrogens is 1. The van der Waals surface area contributed by atoms with Crippen molar-refractivity contribution >= 4 is 17.8 Å². The van der Waals surface area contributed by atoms with Crippen molar-refractivity contribution in [3.05, 3.63) is 53.6 Å². The molecule has 0 spiro atoms. The van der Waals surface area contributed by atoms with Crippen LogP contribution in [0.1, 0.15) is 66.6 Å². The first-order valence-electron chi connectivity index (χ1n) is 10.9. The molecule has 0 aliphatic heterocycles. The van der Waals surface area contributed by atoms with Gasteiger partial charge in [-0.3, -0.25) is 9.59 Å². The molecular formula is C23H34ClN5O4. The number of hydrogen-bond acceptors (Lipinski definition) is 5. The molecule has 0 fully saturated rings. The average molecular weight is 480 g/mol. The SMILES string of the molecule is CC(C)(C)OC(=O)[C@H](Cc1ccccc1)NC(=O)c1nc[nH]c1C(=O)NCCCCC[NH3+].[Cl-]. The second-order valence-electron chi connectivity index (χ2n) is 8.55. The van der Waals surface area contributed by atoms with Crippen molar-refractivity contribution in [2.75, 3.05) is 13.1 Å². The third-order valence-corrected chi connectivity index (χ3v) is 4.57. The Morgan fingerprint density at radius 3 is 2.42 bits per heavy atom. The Labute approximate surface area is 200 Å². The number of aromatic nitrogens is 2. The lowest BCUT2D eigenvalue weighted by Gasteiger charge is -2.24. The number of nitrogens with zero attached hydrogens (tertiary/aromatic N) is 1. The molecule has 1 heterocycles. The molecule has 0 saturated carbocycles. The van der Waals surface area contributed by atoms with E-state index < -0.39 is 29.4 Å². The van der Waals surface area contributed by atoms with Crippen molar-refractivity contribution in [1.82, 2.24) is 20.6 Å². The Morgan fingerprint density at radius 2 is 1.79 bits per heavy atom. The maximum atomic E-state index is 12.9. The number of benzene rings is 1. The molecule has 10 heteroatoms. The third kappa shape index (κ3) is 9.63. The molecule has 6 N–H and O–H groups in total. The number of carbonyl (C=O) groups excluding carboxylic acids is 3. The molecule has 0 bridgehead atoms. The number of carbonyl (C=O) groups is 3. The normalized spacial score (nSPS) is 11.8. The van der Waals surface area contributed by atoms with Gasteiger partial charge in [0.15, 0.2) is 5.69 Å². The molecule has 33 heavy (non-hydrogen) atoms. The third-order valence-electron chi connectivity index (χ3n) is 4.57. The molecule has 2 rings (SSSR count). The lowest BCUT2D eigenvalue weighted by molar-refractivity contribution is -0.368. The monoisotopic (exact) mass is 479 g/mol. The van der Waals surface area contributed by atoms with Crippen LogP contribution in [0, 0.1) is 0 Å². The van der Waals surface area contributed by atoms with Crippen molar-refractivity contribution < 1.29 is 37.3 Å². The number of halogens is 1. The lowest BCUT2D eigenvalue weighted by atomic mass is 10.1. The van der Waals surface area contributed by atoms with Crippen molar-refractivity contribution in [1.29, 1.82) is 0 Å². The van der Waals surface area contributed by atoms with Crippen LogP contribution in [0.3, 0.4) is 0 Å². The smallest absolute Gasteiger partial charge is 0.329 e. The molecule has 2 amide bonds. The summed E-state index contributed by atoms with van der Waals surface area (Å²) in [5.74, 6) is -1.60. The minimum atomic E-state index is -0.931. The molecule has 2 aromatic rings. The van der Waals surface area contributed by atoms with Crippen LogP contribution in [0.15, 0.2) is 36.7 Å². The van der Waals surface area contributed by atoms with E-state index in [1.165, 1.54) is 6.33 Å². The van der Waals surface area contributed by atoms with Crippen molar-refractivity contribution in [2.24, 2.45) is 0 Å². The molecule has 0 unspecified atom stereocenters. The van der Waals surface area contributed by atoms with E-state index in [1.54, 1.807) is 20.8 Å². The second kappa shape index (κ2) is 13.6. The Bertz CT molecular complexity index is 896. The maximum Gasteiger partial charge on any atom is 0.329 e. The van der Waals surface area contributed by atoms with E-state index in [0.29, 0.717) is 6.54 Å². The molecule has 1 aromatic carbocycles. The van der Waals surface area contributed by atoms with Gasteiger partial charge in [-0.05, 0) is 45.6 Å². The van der Waals surface area contributed by atoms with E-state index in [4.69, 9.17) is 4.74 Å². The van der Waals surface area contributed by atoms with Gasteiger partial charge >= 0.3 is 5.97 Å². The standard InChI is InChI=1S/C23H33N5O4.ClH/c1-23(2,3)32-22(31)17(14-16-10-6-4-7-11-16)28-21(30)19-18(26-15-27-19)20(29)25-13-9-5-8-12-24;/h4,6-7,10-11,15,17H,5,8-9,12-14,24H2,1-3H3,(H,25,29)(H,26,27)(H,28,30);1H/t17-;/m0./s1. The van der Waals surface area contributed by atoms with Crippen LogP contribution in [0.25, 0.3) is 0 Å². The number of nitrogens with one attached hydrogen (secondary N) is 3. The van der Waals surface area contributed by atoms with Crippen molar-refractivity contribution in [3.63, 3.8) is 0 Å². The molecule has 1 atom stereocenters. The van der Waals surface area contributed by atoms with Gasteiger partial charge in [0, 0.05) is 13.0 Å². The zero-order chi connectivity index (χ0) is 23.6. The minimum absolute atomic E-state index is 0. The van der Waals surface area contributed by atoms with Gasteiger partial charge in [0.1, 0.15) is 17.3 Å². The van der Waals surface area contributed by atoms with Crippen LogP contribution in [-0.2, 0) is 16.0 Å². The predicted molar refractivity (Wildman–Crippen MR) is 120 cm³/mol. The Morgan fingerprint density at radius 1 is 1.09 bits per heavy atom. The van der Waals surface area contributed by atoms with Crippen LogP contribution in [-0.4, -0.2) is 52.5 Å². The second-order valence-corrected chi connectivity index (χ2v) is 8.55. The highest BCUT2D eigenvalue weighted by Gasteiger charge is 2.29. The summed E-state index contributed by atoms with van der Waals surface area (Å²) in [7, 11) is 0. The Hall–Kier alpha value is -2.91. The first-order chi connectivity index (χ1) is 15.2. The number of imidazole rings is 1. The Balaban J connectivity index is 0.00000544. The highest BCUT2D eigenvalue weighted by atomic mass is 35.5. The number of ether oxygens (including phenoxy) is 1. The fourth-order valence-electron chi connectivity index (χ4n) is 3.05. The maximum absolute atomic E-state index is 12.9. The van der Waals surface area contributed by atoms with Gasteiger partial charge in [-0.1, -0.05) is 30.3 Å². The summed E-state index contributed by atoms with van der Waals surface area (Å²) < 4.78 is 5.49. The van der Waals surface area contributed by atoms with E-state index >= 15 is 0 Å². The van der Waals surface area contributed by atoms with Crippen LogP contribution in [0.2, 0.25) is 0 Å². The summed E-state index contributed by atoms with van der Waals surface area (Å²) in [4.78, 5) is 44.9. The van der Waals surface area contributed by atoms with E-state index in [1.807, 2.05) is 30.3 Å². The quantitative estimate of drug-likeness (QED) is 0.223. The summed E-state index contributed by atoms with van der Waals surface area (Å²) in [5, 5.41) is 5.47. The fraction of sp³-hybridized carbons (Fsp3) is 0.478. The van der Waals surface area contributed by atoms with Crippen molar-refractivity contribution in [2.45, 2.75) is 58.1 Å². The highest BCUT2D eigenvalue weighted by Crippen LogP contribution is 2.13. The van der Waals surface area contributed by atoms with Gasteiger partial charge in [-0.15, -0.1) is 0 Å². The summed E-state index contributed by atoms with van der Waals surface area (Å²) in [6.45, 7) is 6.65. The highest BCUT2D eigenvalue weighted by molar-refractivity contribution is 6.05. The van der Waals surface area contributed by atoms with Crippen LogP contribution in [0.5, 0.6) is 0 Å². The molecule has 1 aromatic heterocycles. The largest absolute Gasteiger partial charge is 1.00 e. The van der Waals surface area contributed by atoms with Gasteiger partial charge in [-0.2, -0.15) is 0 Å². The number of esters is 1. The molecule has 9 nitrogen and oxygen atoms in total. The summed E-state index contributed by atoms with van der Waals surface area (Å²) in [5.41, 5.74) is 3.94. The van der Waals surface area contributed by atoms with E-state index in [0.717, 1.165) is 31.4 Å². The van der Waals surface area contributed by atoms with Gasteiger partial charge in [0.2, 0.25) is 0 Å². The fourth-order valence-corrected chi connectivity index (χ4v) is 3.05. The number of quaternary nitrogens is 1. The van der Waals surface area contributed by atoms with Crippen LogP contribution >= 0.6 is 0 Å². The number of unbranched alkanes of at least 4 members (excludes halogenated alkanes) is 2. The zero-order valence-electron chi connectivity index (χ0n) is 19.4. The van der Waals surface area contributed by atoms with Crippen LogP contribution in [0.4, 0.5) is 0 Å². The van der Waals surface area contributed by atoms with Crippen LogP contribution < -0.4 is 28.8 Å². The van der Waals surface area contributed by atoms with Gasteiger partial charge in [-0.25, -0.2) is 9.78 Å². The number of hydrogen-bond donors (Lipinski definition) is 4. The lowest BCUT2D eigenvalue weighted by Crippen LogP contribution is -3.00. The summed E-state index contributed by atoms with van der Waals surface area (Å²) in [6, 6.07) is 8.39. The number of rotatable bonds is 11. The molecule has 0 aliphatic rings. The number of aromatic amines is 1. The minimum Gasteiger partial charge on any atom is -1.00 e. The zero-order valence-corrected chi connectivity index (χ0v) is 20.2. The van der Waals surface area contributed by atoms with E-state index in [2.05, 4.69) is 26.3 Å². The molecule has 0 aliphatic carbocycles. The first kappa shape index (κ1) is 28.1. The summed E-state index contributed by atoms with van der Waals surface area (Å²) in [6.07, 6.45) is 4.33. The predicted octanol–water partition coefficient (Wildman–Crippen LogP) is -1.76. The van der Waals surface area contributed by atoms with E-state index in [9.17, 15) is 14.4 Å². The molecule has 182 valence electrons. The molecule has 0 radical (unpaired) electrons. The topological polar surface area (TPSA) is 141 Å². The molecular weight excluding hydrogens is 446 g/mol. The average Bonchev–Trinajstić information content (AvgIpc) is 3.23. The van der Waals surface area contributed by atoms with Gasteiger partial charge < -0.3 is 38.5 Å². The molecule has 0 saturated heterocycles. The van der Waals surface area contributed by atoms with E-state index in [-0.39, 0.29) is 30.2 Å². The first-order valence-corrected chi connectivity index (χ1v) is 10.9.